The third kappa shape index (κ3) is 9.24. The highest BCUT2D eigenvalue weighted by Crippen LogP contribution is 2.53. The van der Waals surface area contributed by atoms with E-state index in [9.17, 15) is 19.2 Å². The Labute approximate surface area is 361 Å². The fourth-order valence-electron chi connectivity index (χ4n) is 8.17. The lowest BCUT2D eigenvalue weighted by Crippen LogP contribution is -2.48. The van der Waals surface area contributed by atoms with Gasteiger partial charge >= 0.3 is 18.0 Å². The average Bonchev–Trinajstić information content (AvgIpc) is 3.57. The van der Waals surface area contributed by atoms with E-state index in [0.717, 1.165) is 38.9 Å². The quantitative estimate of drug-likeness (QED) is 0.0823. The summed E-state index contributed by atoms with van der Waals surface area (Å²) in [6, 6.07) is 31.4. The molecule has 0 spiro atoms. The van der Waals surface area contributed by atoms with Crippen LogP contribution in [-0.2, 0) is 53.6 Å². The first kappa shape index (κ1) is 43.3. The van der Waals surface area contributed by atoms with E-state index >= 15 is 0 Å². The third-order valence-corrected chi connectivity index (χ3v) is 11.2. The Morgan fingerprint density at radius 3 is 1.87 bits per heavy atom. The van der Waals surface area contributed by atoms with Crippen molar-refractivity contribution in [3.8, 4) is 34.1 Å². The van der Waals surface area contributed by atoms with Crippen LogP contribution < -0.4 is 24.8 Å². The Hall–Kier alpha value is -6.82. The van der Waals surface area contributed by atoms with Gasteiger partial charge in [-0.15, -0.1) is 0 Å². The number of carbonyl (C=O) groups excluding carboxylic acids is 4. The minimum absolute atomic E-state index is 0.0140. The van der Waals surface area contributed by atoms with Gasteiger partial charge in [0.15, 0.2) is 0 Å². The van der Waals surface area contributed by atoms with Crippen LogP contribution in [0, 0.1) is 0 Å². The van der Waals surface area contributed by atoms with Gasteiger partial charge < -0.3 is 39.1 Å². The number of methoxy groups -OCH3 is 2. The van der Waals surface area contributed by atoms with Gasteiger partial charge in [-0.25, -0.2) is 4.79 Å². The number of hydrogen-bond acceptors (Lipinski definition) is 10. The smallest absolute Gasteiger partial charge is 0.407 e. The standard InChI is InChI=1S/C50H52N2O10/c1-49(2,3)62-44(54)26-40(52-48(56)60-29-37-33-19-13-11-17-31(33)32-18-12-14-20-34(32)37)47(55)51-27-36-42(58-7)24-22-39-46(36)61-45-35(41(57-6)23-21-38(45)50(39,4)5)25-43(53)59-28-30-15-9-8-10-16-30/h8-24,37,40H,25-29H2,1-7H3,(H,51,55)(H,52,56)/t40-/m1/s1. The second kappa shape index (κ2) is 18.0. The molecule has 12 heteroatoms. The summed E-state index contributed by atoms with van der Waals surface area (Å²) in [6.45, 7) is 9.25. The second-order valence-corrected chi connectivity index (χ2v) is 16.8. The molecule has 0 unspecified atom stereocenters. The largest absolute Gasteiger partial charge is 0.496 e. The van der Waals surface area contributed by atoms with Crippen molar-refractivity contribution in [1.82, 2.24) is 10.6 Å². The molecule has 12 nitrogen and oxygen atoms in total. The van der Waals surface area contributed by atoms with Crippen molar-refractivity contribution < 1.29 is 47.6 Å². The number of rotatable bonds is 14. The van der Waals surface area contributed by atoms with Crippen LogP contribution in [0.25, 0.3) is 11.1 Å². The predicted molar refractivity (Wildman–Crippen MR) is 232 cm³/mol. The topological polar surface area (TPSA) is 148 Å². The number of hydrogen-bond donors (Lipinski definition) is 2. The van der Waals surface area contributed by atoms with Gasteiger partial charge in [-0.1, -0.05) is 105 Å². The first-order valence-corrected chi connectivity index (χ1v) is 20.6. The summed E-state index contributed by atoms with van der Waals surface area (Å²) < 4.78 is 35.2. The second-order valence-electron chi connectivity index (χ2n) is 16.8. The van der Waals surface area contributed by atoms with E-state index in [1.807, 2.05) is 111 Å². The molecule has 62 heavy (non-hydrogen) atoms. The molecule has 0 bridgehead atoms. The Kier molecular flexibility index (Phi) is 12.6. The molecular formula is C50H52N2O10. The number of esters is 2. The van der Waals surface area contributed by atoms with E-state index < -0.39 is 47.4 Å². The fourth-order valence-corrected chi connectivity index (χ4v) is 8.17. The van der Waals surface area contributed by atoms with Crippen molar-refractivity contribution in [2.75, 3.05) is 20.8 Å². The number of fused-ring (bicyclic) bond motifs is 5. The zero-order valence-corrected chi connectivity index (χ0v) is 36.1. The molecule has 1 heterocycles. The number of nitrogens with one attached hydrogen (secondary N) is 2. The highest BCUT2D eigenvalue weighted by molar-refractivity contribution is 5.90. The lowest BCUT2D eigenvalue weighted by Gasteiger charge is -2.37. The molecule has 0 saturated carbocycles. The number of amides is 2. The summed E-state index contributed by atoms with van der Waals surface area (Å²) >= 11 is 0. The first-order chi connectivity index (χ1) is 29.7. The van der Waals surface area contributed by atoms with Crippen LogP contribution in [0.5, 0.6) is 23.0 Å². The molecule has 0 saturated heterocycles. The number of alkyl carbamates (subject to hydrolysis) is 1. The fraction of sp³-hybridized carbons (Fsp3) is 0.320. The maximum atomic E-state index is 14.1. The Morgan fingerprint density at radius 1 is 0.710 bits per heavy atom. The molecule has 5 aromatic rings. The van der Waals surface area contributed by atoms with E-state index in [4.69, 9.17) is 28.4 Å². The summed E-state index contributed by atoms with van der Waals surface area (Å²) in [5.74, 6) is -0.310. The number of ether oxygens (including phenoxy) is 6. The molecule has 7 rings (SSSR count). The molecule has 0 aromatic heterocycles. The predicted octanol–water partition coefficient (Wildman–Crippen LogP) is 8.68. The molecular weight excluding hydrogens is 789 g/mol. The third-order valence-electron chi connectivity index (χ3n) is 11.2. The maximum absolute atomic E-state index is 14.1. The first-order valence-electron chi connectivity index (χ1n) is 20.6. The normalized spacial score (nSPS) is 13.8. The van der Waals surface area contributed by atoms with E-state index in [-0.39, 0.29) is 32.1 Å². The van der Waals surface area contributed by atoms with E-state index in [1.54, 1.807) is 26.8 Å². The summed E-state index contributed by atoms with van der Waals surface area (Å²) in [6.07, 6.45) is -1.46. The summed E-state index contributed by atoms with van der Waals surface area (Å²) in [4.78, 5) is 54.1. The minimum Gasteiger partial charge on any atom is -0.496 e. The molecule has 0 fully saturated rings. The lowest BCUT2D eigenvalue weighted by molar-refractivity contribution is -0.156. The molecule has 322 valence electrons. The number of carbonyl (C=O) groups is 4. The van der Waals surface area contributed by atoms with Gasteiger partial charge in [-0.05, 0) is 60.7 Å². The van der Waals surface area contributed by atoms with Crippen LogP contribution in [0.3, 0.4) is 0 Å². The summed E-state index contributed by atoms with van der Waals surface area (Å²) in [7, 11) is 3.03. The van der Waals surface area contributed by atoms with Crippen molar-refractivity contribution in [2.45, 2.75) is 83.6 Å². The van der Waals surface area contributed by atoms with Gasteiger partial charge in [-0.3, -0.25) is 14.4 Å². The molecule has 1 aliphatic carbocycles. The van der Waals surface area contributed by atoms with Crippen LogP contribution in [0.4, 0.5) is 4.79 Å². The van der Waals surface area contributed by atoms with Crippen LogP contribution in [0.2, 0.25) is 0 Å². The average molecular weight is 841 g/mol. The Balaban J connectivity index is 1.12. The lowest BCUT2D eigenvalue weighted by atomic mass is 9.74. The summed E-state index contributed by atoms with van der Waals surface area (Å²) in [5.41, 5.74) is 6.22. The molecule has 1 aliphatic heterocycles. The van der Waals surface area contributed by atoms with Crippen LogP contribution in [-0.4, -0.2) is 56.4 Å². The monoisotopic (exact) mass is 840 g/mol. The maximum Gasteiger partial charge on any atom is 0.407 e. The molecule has 2 N–H and O–H groups in total. The van der Waals surface area contributed by atoms with Crippen LogP contribution in [0.15, 0.2) is 103 Å². The van der Waals surface area contributed by atoms with E-state index in [2.05, 4.69) is 10.6 Å². The van der Waals surface area contributed by atoms with E-state index in [0.29, 0.717) is 34.1 Å². The van der Waals surface area contributed by atoms with Crippen molar-refractivity contribution in [3.63, 3.8) is 0 Å². The van der Waals surface area contributed by atoms with Crippen LogP contribution in [0.1, 0.15) is 85.9 Å². The van der Waals surface area contributed by atoms with Gasteiger partial charge in [0.1, 0.15) is 47.9 Å². The molecule has 2 amide bonds. The van der Waals surface area contributed by atoms with Gasteiger partial charge in [0, 0.05) is 28.0 Å². The Morgan fingerprint density at radius 2 is 1.27 bits per heavy atom. The van der Waals surface area contributed by atoms with Crippen molar-refractivity contribution in [1.29, 1.82) is 0 Å². The zero-order chi connectivity index (χ0) is 44.2. The minimum atomic E-state index is -1.36. The molecule has 2 aliphatic rings. The van der Waals surface area contributed by atoms with Crippen molar-refractivity contribution in [3.05, 3.63) is 142 Å². The zero-order valence-electron chi connectivity index (χ0n) is 36.1. The Bertz CT molecular complexity index is 2440. The van der Waals surface area contributed by atoms with E-state index in [1.165, 1.54) is 14.2 Å². The van der Waals surface area contributed by atoms with Crippen molar-refractivity contribution >= 4 is 23.9 Å². The SMILES string of the molecule is COc1ccc2c(c1CNC(=O)[C@@H](CC(=O)OC(C)(C)C)NC(=O)OCC1c3ccccc3-c3ccccc31)Oc1c(ccc(OC)c1CC(=O)OCc1ccccc1)C2(C)C. The highest BCUT2D eigenvalue weighted by Gasteiger charge is 2.39. The molecule has 1 atom stereocenters. The van der Waals surface area contributed by atoms with Gasteiger partial charge in [0.05, 0.1) is 39.2 Å². The summed E-state index contributed by atoms with van der Waals surface area (Å²) in [5, 5.41) is 5.52. The van der Waals surface area contributed by atoms with Crippen molar-refractivity contribution in [2.24, 2.45) is 0 Å². The van der Waals surface area contributed by atoms with Crippen LogP contribution >= 0.6 is 0 Å². The molecule has 5 aromatic carbocycles. The van der Waals surface area contributed by atoms with Gasteiger partial charge in [-0.2, -0.15) is 0 Å². The molecule has 0 radical (unpaired) electrons. The van der Waals surface area contributed by atoms with Gasteiger partial charge in [0.25, 0.3) is 0 Å². The van der Waals surface area contributed by atoms with Gasteiger partial charge in [0.2, 0.25) is 5.91 Å². The number of benzene rings is 5. The highest BCUT2D eigenvalue weighted by atomic mass is 16.6.